The Morgan fingerprint density at radius 3 is 2.27 bits per heavy atom. The van der Waals surface area contributed by atoms with Gasteiger partial charge >= 0.3 is 0 Å². The van der Waals surface area contributed by atoms with Gasteiger partial charge in [-0.3, -0.25) is 4.79 Å². The number of amides is 1. The first-order valence-corrected chi connectivity index (χ1v) is 10.1. The summed E-state index contributed by atoms with van der Waals surface area (Å²) in [5.74, 6) is 0.664. The Morgan fingerprint density at radius 2 is 1.73 bits per heavy atom. The van der Waals surface area contributed by atoms with Crippen LogP contribution in [-0.2, 0) is 20.4 Å². The van der Waals surface area contributed by atoms with E-state index in [0.717, 1.165) is 10.1 Å². The molecule has 1 aromatic carbocycles. The van der Waals surface area contributed by atoms with Gasteiger partial charge in [-0.1, -0.05) is 32.9 Å². The number of rotatable bonds is 10. The minimum absolute atomic E-state index is 0.108. The number of ether oxygens (including phenoxy) is 1. The van der Waals surface area contributed by atoms with Gasteiger partial charge < -0.3 is 10.1 Å². The largest absolute Gasteiger partial charge is 0.494 e. The number of hydrogen-bond donors (Lipinski definition) is 2. The molecule has 7 nitrogen and oxygen atoms in total. The van der Waals surface area contributed by atoms with Crippen LogP contribution in [0.3, 0.4) is 0 Å². The molecule has 0 heterocycles. The van der Waals surface area contributed by atoms with Crippen molar-refractivity contribution in [1.29, 1.82) is 0 Å². The summed E-state index contributed by atoms with van der Waals surface area (Å²) in [7, 11) is -0.564. The molecule has 0 aliphatic heterocycles. The summed E-state index contributed by atoms with van der Waals surface area (Å²) >= 11 is 0. The van der Waals surface area contributed by atoms with E-state index in [1.165, 1.54) is 19.7 Å². The van der Waals surface area contributed by atoms with Crippen LogP contribution in [0, 0.1) is 0 Å². The number of carbonyl (C=O) groups is 1. The highest BCUT2D eigenvalue weighted by molar-refractivity contribution is 7.87. The smallest absolute Gasteiger partial charge is 0.278 e. The predicted molar refractivity (Wildman–Crippen MR) is 103 cm³/mol. The molecule has 0 bridgehead atoms. The maximum Gasteiger partial charge on any atom is 0.278 e. The van der Waals surface area contributed by atoms with Gasteiger partial charge in [0, 0.05) is 33.6 Å². The highest BCUT2D eigenvalue weighted by Crippen LogP contribution is 2.24. The van der Waals surface area contributed by atoms with E-state index in [1.54, 1.807) is 0 Å². The van der Waals surface area contributed by atoms with Gasteiger partial charge in [0.15, 0.2) is 0 Å². The van der Waals surface area contributed by atoms with Crippen molar-refractivity contribution in [3.8, 4) is 5.75 Å². The molecule has 0 unspecified atom stereocenters. The van der Waals surface area contributed by atoms with Crippen molar-refractivity contribution in [2.75, 3.05) is 33.8 Å². The molecular formula is C18H31N3O4S. The maximum absolute atomic E-state index is 11.7. The van der Waals surface area contributed by atoms with Crippen molar-refractivity contribution in [2.24, 2.45) is 0 Å². The lowest BCUT2D eigenvalue weighted by atomic mass is 9.87. The topological polar surface area (TPSA) is 87.7 Å². The summed E-state index contributed by atoms with van der Waals surface area (Å²) in [6.45, 7) is 7.34. The molecule has 0 aliphatic rings. The Kier molecular flexibility index (Phi) is 8.52. The summed E-state index contributed by atoms with van der Waals surface area (Å²) in [6, 6.07) is 7.99. The average Bonchev–Trinajstić information content (AvgIpc) is 2.55. The Morgan fingerprint density at radius 1 is 1.12 bits per heavy atom. The third kappa shape index (κ3) is 8.16. The molecular weight excluding hydrogens is 354 g/mol. The number of nitrogens with one attached hydrogen (secondary N) is 2. The Labute approximate surface area is 157 Å². The number of nitrogens with zero attached hydrogens (tertiary/aromatic N) is 1. The van der Waals surface area contributed by atoms with Gasteiger partial charge in [0.25, 0.3) is 10.2 Å². The van der Waals surface area contributed by atoms with E-state index in [-0.39, 0.29) is 24.4 Å². The van der Waals surface area contributed by atoms with Crippen LogP contribution < -0.4 is 14.8 Å². The van der Waals surface area contributed by atoms with Crippen molar-refractivity contribution < 1.29 is 17.9 Å². The van der Waals surface area contributed by atoms with Gasteiger partial charge in [0.1, 0.15) is 5.75 Å². The van der Waals surface area contributed by atoms with Gasteiger partial charge in [-0.15, -0.1) is 0 Å². The van der Waals surface area contributed by atoms with E-state index in [9.17, 15) is 13.2 Å². The second-order valence-electron chi connectivity index (χ2n) is 7.26. The van der Waals surface area contributed by atoms with Crippen LogP contribution in [0.2, 0.25) is 0 Å². The molecule has 2 N–H and O–H groups in total. The first kappa shape index (κ1) is 22.4. The average molecular weight is 386 g/mol. The van der Waals surface area contributed by atoms with Crippen LogP contribution in [0.1, 0.15) is 39.2 Å². The lowest BCUT2D eigenvalue weighted by molar-refractivity contribution is -0.121. The Hall–Kier alpha value is -1.64. The standard InChI is InChI=1S/C18H31N3O4S/c1-18(2,3)15-8-10-16(11-9-15)25-14-6-7-17(22)19-12-13-20-26(23,24)21(4)5/h8-11,20H,6-7,12-14H2,1-5H3,(H,19,22). The molecule has 0 saturated heterocycles. The molecule has 0 aliphatic carbocycles. The lowest BCUT2D eigenvalue weighted by Gasteiger charge is -2.19. The van der Waals surface area contributed by atoms with Crippen molar-refractivity contribution in [2.45, 2.75) is 39.0 Å². The predicted octanol–water partition coefficient (Wildman–Crippen LogP) is 1.66. The summed E-state index contributed by atoms with van der Waals surface area (Å²) < 4.78 is 32.1. The number of carbonyl (C=O) groups excluding carboxylic acids is 1. The maximum atomic E-state index is 11.7. The highest BCUT2D eigenvalue weighted by atomic mass is 32.2. The van der Waals surface area contributed by atoms with Crippen molar-refractivity contribution in [3.05, 3.63) is 29.8 Å². The van der Waals surface area contributed by atoms with Crippen LogP contribution in [0.25, 0.3) is 0 Å². The second-order valence-corrected chi connectivity index (χ2v) is 9.23. The van der Waals surface area contributed by atoms with Gasteiger partial charge in [0.05, 0.1) is 6.61 Å². The molecule has 0 spiro atoms. The fraction of sp³-hybridized carbons (Fsp3) is 0.611. The zero-order chi connectivity index (χ0) is 19.8. The van der Waals surface area contributed by atoms with Gasteiger partial charge in [-0.05, 0) is 29.5 Å². The zero-order valence-corrected chi connectivity index (χ0v) is 17.1. The molecule has 148 valence electrons. The fourth-order valence-corrected chi connectivity index (χ4v) is 2.69. The minimum Gasteiger partial charge on any atom is -0.494 e. The third-order valence-electron chi connectivity index (χ3n) is 3.75. The van der Waals surface area contributed by atoms with Crippen LogP contribution >= 0.6 is 0 Å². The third-order valence-corrected chi connectivity index (χ3v) is 5.28. The van der Waals surface area contributed by atoms with E-state index in [1.807, 2.05) is 12.1 Å². The van der Waals surface area contributed by atoms with E-state index >= 15 is 0 Å². The van der Waals surface area contributed by atoms with Crippen molar-refractivity contribution in [3.63, 3.8) is 0 Å². The fourth-order valence-electron chi connectivity index (χ4n) is 2.07. The Bertz CT molecular complexity index is 665. The van der Waals surface area contributed by atoms with Crippen LogP contribution in [-0.4, -0.2) is 52.4 Å². The summed E-state index contributed by atoms with van der Waals surface area (Å²) in [5, 5.41) is 2.68. The summed E-state index contributed by atoms with van der Waals surface area (Å²) in [6.07, 6.45) is 0.927. The lowest BCUT2D eigenvalue weighted by Crippen LogP contribution is -2.40. The molecule has 0 fully saturated rings. The van der Waals surface area contributed by atoms with Crippen LogP contribution in [0.15, 0.2) is 24.3 Å². The van der Waals surface area contributed by atoms with Gasteiger partial charge in [0.2, 0.25) is 5.91 Å². The first-order valence-electron chi connectivity index (χ1n) is 8.69. The quantitative estimate of drug-likeness (QED) is 0.600. The monoisotopic (exact) mass is 385 g/mol. The van der Waals surface area contributed by atoms with E-state index in [4.69, 9.17) is 4.74 Å². The first-order chi connectivity index (χ1) is 12.0. The molecule has 0 radical (unpaired) electrons. The molecule has 26 heavy (non-hydrogen) atoms. The van der Waals surface area contributed by atoms with E-state index < -0.39 is 10.2 Å². The molecule has 1 rings (SSSR count). The molecule has 1 aromatic rings. The molecule has 8 heteroatoms. The highest BCUT2D eigenvalue weighted by Gasteiger charge is 2.13. The van der Waals surface area contributed by atoms with Crippen LogP contribution in [0.5, 0.6) is 5.75 Å². The van der Waals surface area contributed by atoms with Crippen LogP contribution in [0.4, 0.5) is 0 Å². The normalized spacial score (nSPS) is 12.2. The minimum atomic E-state index is -3.45. The zero-order valence-electron chi connectivity index (χ0n) is 16.3. The van der Waals surface area contributed by atoms with Crippen molar-refractivity contribution in [1.82, 2.24) is 14.3 Å². The van der Waals surface area contributed by atoms with E-state index in [2.05, 4.69) is 42.9 Å². The number of hydrogen-bond acceptors (Lipinski definition) is 4. The van der Waals surface area contributed by atoms with Gasteiger partial charge in [-0.2, -0.15) is 12.7 Å². The Balaban J connectivity index is 2.18. The van der Waals surface area contributed by atoms with Gasteiger partial charge in [-0.25, -0.2) is 4.72 Å². The summed E-state index contributed by atoms with van der Waals surface area (Å²) in [5.41, 5.74) is 1.35. The SMILES string of the molecule is CN(C)S(=O)(=O)NCCNC(=O)CCCOc1ccc(C(C)(C)C)cc1. The molecule has 0 saturated carbocycles. The molecule has 0 atom stereocenters. The summed E-state index contributed by atoms with van der Waals surface area (Å²) in [4.78, 5) is 11.7. The van der Waals surface area contributed by atoms with E-state index in [0.29, 0.717) is 19.4 Å². The molecule has 0 aromatic heterocycles. The molecule has 1 amide bonds. The second kappa shape index (κ2) is 9.89. The van der Waals surface area contributed by atoms with Crippen molar-refractivity contribution >= 4 is 16.1 Å². The number of benzene rings is 1.